The molecule has 1 spiro atoms. The van der Waals surface area contributed by atoms with Crippen molar-refractivity contribution in [3.8, 4) is 0 Å². The fourth-order valence-electron chi connectivity index (χ4n) is 5.64. The molecule has 0 bridgehead atoms. The third-order valence-corrected chi connectivity index (χ3v) is 6.95. The van der Waals surface area contributed by atoms with E-state index in [0.717, 1.165) is 11.5 Å². The molecule has 2 heterocycles. The monoisotopic (exact) mass is 292 g/mol. The minimum atomic E-state index is 0.702. The molecule has 1 aliphatic carbocycles. The zero-order chi connectivity index (χ0) is 14.8. The molecule has 0 radical (unpaired) electrons. The zero-order valence-corrected chi connectivity index (χ0v) is 14.4. The van der Waals surface area contributed by atoms with Crippen LogP contribution in [0.3, 0.4) is 0 Å². The minimum Gasteiger partial charge on any atom is -0.315 e. The van der Waals surface area contributed by atoms with Crippen molar-refractivity contribution in [2.75, 3.05) is 26.2 Å². The highest BCUT2D eigenvalue weighted by Crippen LogP contribution is 2.53. The molecule has 3 aliphatic rings. The van der Waals surface area contributed by atoms with E-state index in [2.05, 4.69) is 24.1 Å². The molecule has 2 aliphatic heterocycles. The molecule has 0 unspecified atom stereocenters. The minimum absolute atomic E-state index is 0.702. The molecule has 2 saturated heterocycles. The van der Waals surface area contributed by atoms with E-state index < -0.39 is 0 Å². The lowest BCUT2D eigenvalue weighted by Crippen LogP contribution is -2.40. The van der Waals surface area contributed by atoms with Crippen LogP contribution in [0.2, 0.25) is 0 Å². The molecule has 3 rings (SSSR count). The van der Waals surface area contributed by atoms with E-state index in [-0.39, 0.29) is 0 Å². The average molecular weight is 293 g/mol. The van der Waals surface area contributed by atoms with Crippen LogP contribution in [0, 0.1) is 10.8 Å². The molecular weight excluding hydrogens is 256 g/mol. The van der Waals surface area contributed by atoms with E-state index in [1.807, 2.05) is 0 Å². The van der Waals surface area contributed by atoms with Crippen molar-refractivity contribution in [3.63, 3.8) is 0 Å². The molecule has 1 N–H and O–H groups in total. The number of hydrogen-bond donors (Lipinski definition) is 1. The summed E-state index contributed by atoms with van der Waals surface area (Å²) >= 11 is 0. The van der Waals surface area contributed by atoms with Gasteiger partial charge in [0.2, 0.25) is 0 Å². The summed E-state index contributed by atoms with van der Waals surface area (Å²) in [5.41, 5.74) is 1.42. The Bertz CT molecular complexity index is 316. The molecule has 0 amide bonds. The van der Waals surface area contributed by atoms with Crippen LogP contribution in [0.15, 0.2) is 0 Å². The second kappa shape index (κ2) is 6.58. The first-order valence-corrected chi connectivity index (χ1v) is 9.66. The predicted octanol–water partition coefficient (Wildman–Crippen LogP) is 4.20. The Morgan fingerprint density at radius 1 is 1.00 bits per heavy atom. The van der Waals surface area contributed by atoms with Gasteiger partial charge in [-0.2, -0.15) is 0 Å². The van der Waals surface area contributed by atoms with Crippen molar-refractivity contribution < 1.29 is 0 Å². The van der Waals surface area contributed by atoms with Crippen molar-refractivity contribution in [2.24, 2.45) is 10.8 Å². The van der Waals surface area contributed by atoms with E-state index in [1.54, 1.807) is 0 Å². The third-order valence-electron chi connectivity index (χ3n) is 6.95. The standard InChI is InChI=1S/C19H36N2/c1-3-6-18(7-4-2)8-10-19(11-9-18)12-14-21(16-19)17-5-13-20-15-17/h17,20H,3-16H2,1-2H3/t17-/m0/s1. The molecular formula is C19H36N2. The number of hydrogen-bond acceptors (Lipinski definition) is 2. The molecule has 21 heavy (non-hydrogen) atoms. The summed E-state index contributed by atoms with van der Waals surface area (Å²) < 4.78 is 0. The van der Waals surface area contributed by atoms with Crippen molar-refractivity contribution in [1.29, 1.82) is 0 Å². The molecule has 1 atom stereocenters. The molecule has 0 aromatic rings. The zero-order valence-electron chi connectivity index (χ0n) is 14.4. The Balaban J connectivity index is 1.57. The predicted molar refractivity (Wildman–Crippen MR) is 90.6 cm³/mol. The summed E-state index contributed by atoms with van der Waals surface area (Å²) in [5.74, 6) is 0. The second-order valence-corrected chi connectivity index (χ2v) is 8.37. The SMILES string of the molecule is CCCC1(CCC)CCC2(CCN([C@H]3CCNC3)C2)CC1. The van der Waals surface area contributed by atoms with Gasteiger partial charge in [0.15, 0.2) is 0 Å². The van der Waals surface area contributed by atoms with Gasteiger partial charge in [0, 0.05) is 19.1 Å². The van der Waals surface area contributed by atoms with Crippen LogP contribution < -0.4 is 5.32 Å². The van der Waals surface area contributed by atoms with Crippen LogP contribution in [0.4, 0.5) is 0 Å². The first-order chi connectivity index (χ1) is 10.2. The van der Waals surface area contributed by atoms with Gasteiger partial charge < -0.3 is 5.32 Å². The Hall–Kier alpha value is -0.0800. The Kier molecular flexibility index (Phi) is 4.95. The van der Waals surface area contributed by atoms with Gasteiger partial charge in [-0.15, -0.1) is 0 Å². The van der Waals surface area contributed by atoms with Crippen molar-refractivity contribution in [3.05, 3.63) is 0 Å². The molecule has 0 aromatic heterocycles. The highest BCUT2D eigenvalue weighted by molar-refractivity contribution is 4.99. The lowest BCUT2D eigenvalue weighted by atomic mass is 9.60. The Morgan fingerprint density at radius 2 is 1.71 bits per heavy atom. The average Bonchev–Trinajstić information content (AvgIpc) is 3.13. The van der Waals surface area contributed by atoms with Gasteiger partial charge in [0.05, 0.1) is 0 Å². The van der Waals surface area contributed by atoms with E-state index in [1.165, 1.54) is 90.4 Å². The summed E-state index contributed by atoms with van der Waals surface area (Å²) in [6.45, 7) is 10.0. The van der Waals surface area contributed by atoms with Crippen LogP contribution in [-0.4, -0.2) is 37.1 Å². The molecule has 1 saturated carbocycles. The van der Waals surface area contributed by atoms with Crippen molar-refractivity contribution in [2.45, 2.75) is 84.1 Å². The largest absolute Gasteiger partial charge is 0.315 e. The molecule has 2 heteroatoms. The van der Waals surface area contributed by atoms with E-state index in [0.29, 0.717) is 5.41 Å². The molecule has 0 aromatic carbocycles. The number of nitrogens with zero attached hydrogens (tertiary/aromatic N) is 1. The van der Waals surface area contributed by atoms with Crippen molar-refractivity contribution in [1.82, 2.24) is 10.2 Å². The van der Waals surface area contributed by atoms with Crippen LogP contribution in [0.5, 0.6) is 0 Å². The normalized spacial score (nSPS) is 32.0. The van der Waals surface area contributed by atoms with Crippen molar-refractivity contribution >= 4 is 0 Å². The highest BCUT2D eigenvalue weighted by atomic mass is 15.2. The van der Waals surface area contributed by atoms with Gasteiger partial charge in [-0.05, 0) is 75.3 Å². The highest BCUT2D eigenvalue weighted by Gasteiger charge is 2.46. The molecule has 122 valence electrons. The van der Waals surface area contributed by atoms with Gasteiger partial charge in [0.25, 0.3) is 0 Å². The van der Waals surface area contributed by atoms with E-state index >= 15 is 0 Å². The Morgan fingerprint density at radius 3 is 2.29 bits per heavy atom. The lowest BCUT2D eigenvalue weighted by Gasteiger charge is -2.45. The lowest BCUT2D eigenvalue weighted by molar-refractivity contribution is 0.0616. The summed E-state index contributed by atoms with van der Waals surface area (Å²) in [5, 5.41) is 3.55. The van der Waals surface area contributed by atoms with Gasteiger partial charge in [-0.25, -0.2) is 0 Å². The molecule has 2 nitrogen and oxygen atoms in total. The topological polar surface area (TPSA) is 15.3 Å². The smallest absolute Gasteiger partial charge is 0.0232 e. The number of likely N-dealkylation sites (tertiary alicyclic amines) is 1. The maximum absolute atomic E-state index is 3.55. The second-order valence-electron chi connectivity index (χ2n) is 8.37. The van der Waals surface area contributed by atoms with Gasteiger partial charge in [-0.1, -0.05) is 26.7 Å². The quantitative estimate of drug-likeness (QED) is 0.817. The van der Waals surface area contributed by atoms with Gasteiger partial charge in [-0.3, -0.25) is 4.90 Å². The van der Waals surface area contributed by atoms with Gasteiger partial charge >= 0.3 is 0 Å². The molecule has 3 fully saturated rings. The fraction of sp³-hybridized carbons (Fsp3) is 1.00. The summed E-state index contributed by atoms with van der Waals surface area (Å²) in [4.78, 5) is 2.83. The van der Waals surface area contributed by atoms with Crippen LogP contribution in [-0.2, 0) is 0 Å². The van der Waals surface area contributed by atoms with Crippen LogP contribution in [0.1, 0.15) is 78.1 Å². The van der Waals surface area contributed by atoms with E-state index in [4.69, 9.17) is 0 Å². The van der Waals surface area contributed by atoms with E-state index in [9.17, 15) is 0 Å². The van der Waals surface area contributed by atoms with Gasteiger partial charge in [0.1, 0.15) is 0 Å². The number of rotatable bonds is 5. The number of nitrogens with one attached hydrogen (secondary N) is 1. The maximum atomic E-state index is 3.55. The van der Waals surface area contributed by atoms with Crippen LogP contribution in [0.25, 0.3) is 0 Å². The third kappa shape index (κ3) is 3.32. The fourth-order valence-corrected chi connectivity index (χ4v) is 5.64. The summed E-state index contributed by atoms with van der Waals surface area (Å²) in [7, 11) is 0. The van der Waals surface area contributed by atoms with Crippen LogP contribution >= 0.6 is 0 Å². The summed E-state index contributed by atoms with van der Waals surface area (Å²) in [6, 6.07) is 0.849. The first kappa shape index (κ1) is 15.8. The maximum Gasteiger partial charge on any atom is 0.0232 e. The summed E-state index contributed by atoms with van der Waals surface area (Å²) in [6.07, 6.45) is 14.7. The Labute approximate surface area is 132 Å². The first-order valence-electron chi connectivity index (χ1n) is 9.66.